The van der Waals surface area contributed by atoms with Crippen molar-refractivity contribution in [1.29, 1.82) is 0 Å². The summed E-state index contributed by atoms with van der Waals surface area (Å²) in [5, 5.41) is 2.71. The number of nitrogens with zero attached hydrogens (tertiary/aromatic N) is 1. The highest BCUT2D eigenvalue weighted by molar-refractivity contribution is 7.92. The van der Waals surface area contributed by atoms with Crippen LogP contribution >= 0.6 is 0 Å². The molecule has 3 aromatic carbocycles. The van der Waals surface area contributed by atoms with Crippen molar-refractivity contribution in [2.24, 2.45) is 0 Å². The highest BCUT2D eigenvalue weighted by Gasteiger charge is 2.28. The van der Waals surface area contributed by atoms with Crippen LogP contribution in [0.1, 0.15) is 45.5 Å². The number of amides is 1. The maximum Gasteiger partial charge on any atom is 0.262 e. The van der Waals surface area contributed by atoms with Crippen LogP contribution in [0.2, 0.25) is 0 Å². The molecule has 0 aromatic heterocycles. The molecule has 37 heavy (non-hydrogen) atoms. The summed E-state index contributed by atoms with van der Waals surface area (Å²) in [4.78, 5) is 13.5. The highest BCUT2D eigenvalue weighted by Crippen LogP contribution is 2.29. The Kier molecular flexibility index (Phi) is 7.45. The molecular weight excluding hydrogens is 510 g/mol. The second-order valence-electron chi connectivity index (χ2n) is 9.33. The van der Waals surface area contributed by atoms with E-state index in [0.717, 1.165) is 24.0 Å². The minimum Gasteiger partial charge on any atom is -0.322 e. The summed E-state index contributed by atoms with van der Waals surface area (Å²) in [6.45, 7) is 8.20. The van der Waals surface area contributed by atoms with Gasteiger partial charge in [0.05, 0.1) is 21.0 Å². The van der Waals surface area contributed by atoms with Gasteiger partial charge in [0.2, 0.25) is 10.0 Å². The molecule has 8 nitrogen and oxygen atoms in total. The van der Waals surface area contributed by atoms with E-state index in [1.807, 2.05) is 19.9 Å². The lowest BCUT2D eigenvalue weighted by Crippen LogP contribution is -2.28. The molecule has 0 atom stereocenters. The Balaban J connectivity index is 1.62. The zero-order chi connectivity index (χ0) is 27.0. The smallest absolute Gasteiger partial charge is 0.262 e. The molecule has 0 aliphatic carbocycles. The molecule has 0 saturated carbocycles. The average Bonchev–Trinajstić information content (AvgIpc) is 3.39. The fourth-order valence-corrected chi connectivity index (χ4v) is 7.82. The van der Waals surface area contributed by atoms with Gasteiger partial charge in [-0.15, -0.1) is 0 Å². The summed E-state index contributed by atoms with van der Waals surface area (Å²) in [6, 6.07) is 14.3. The lowest BCUT2D eigenvalue weighted by molar-refractivity contribution is 0.102. The second kappa shape index (κ2) is 10.3. The monoisotopic (exact) mass is 541 g/mol. The molecule has 1 heterocycles. The van der Waals surface area contributed by atoms with Gasteiger partial charge >= 0.3 is 0 Å². The number of sulfonamides is 2. The Morgan fingerprint density at radius 3 is 2.08 bits per heavy atom. The third-order valence-electron chi connectivity index (χ3n) is 6.78. The van der Waals surface area contributed by atoms with Crippen LogP contribution < -0.4 is 10.0 Å². The summed E-state index contributed by atoms with van der Waals surface area (Å²) >= 11 is 0. The molecule has 0 spiro atoms. The molecule has 3 aromatic rings. The van der Waals surface area contributed by atoms with Crippen molar-refractivity contribution >= 4 is 37.3 Å². The number of aryl methyl sites for hydroxylation is 2. The van der Waals surface area contributed by atoms with Crippen LogP contribution in [0.4, 0.5) is 11.4 Å². The van der Waals surface area contributed by atoms with Crippen LogP contribution in [0.5, 0.6) is 0 Å². The fraction of sp³-hybridized carbons (Fsp3) is 0.296. The lowest BCUT2D eigenvalue weighted by atomic mass is 10.0. The van der Waals surface area contributed by atoms with Crippen LogP contribution in [-0.4, -0.2) is 40.1 Å². The van der Waals surface area contributed by atoms with E-state index in [2.05, 4.69) is 10.0 Å². The van der Waals surface area contributed by atoms with Gasteiger partial charge in [0.1, 0.15) is 0 Å². The zero-order valence-corrected chi connectivity index (χ0v) is 23.0. The standard InChI is InChI=1S/C27H31N3O5S2/c1-18-16-19(2)21(4)26(20(18)3)36(32,33)29-25-13-6-5-12-24(25)27(31)28-22-10-9-11-23(17-22)37(34,35)30-14-7-8-15-30/h5-6,9-13,16-17,29H,7-8,14-15H2,1-4H3,(H,28,31). The number of para-hydroxylation sites is 1. The number of hydrogen-bond donors (Lipinski definition) is 2. The van der Waals surface area contributed by atoms with E-state index in [-0.39, 0.29) is 21.0 Å². The van der Waals surface area contributed by atoms with Crippen molar-refractivity contribution in [2.75, 3.05) is 23.1 Å². The molecule has 0 unspecified atom stereocenters. The maximum absolute atomic E-state index is 13.4. The molecule has 1 amide bonds. The van der Waals surface area contributed by atoms with E-state index in [1.54, 1.807) is 38.1 Å². The van der Waals surface area contributed by atoms with Gasteiger partial charge in [-0.3, -0.25) is 9.52 Å². The first kappa shape index (κ1) is 26.8. The highest BCUT2D eigenvalue weighted by atomic mass is 32.2. The predicted octanol–water partition coefficient (Wildman–Crippen LogP) is 4.76. The minimum absolute atomic E-state index is 0.0990. The van der Waals surface area contributed by atoms with Crippen LogP contribution in [0, 0.1) is 27.7 Å². The number of benzene rings is 3. The molecule has 1 fully saturated rings. The molecule has 1 saturated heterocycles. The van der Waals surface area contributed by atoms with Crippen molar-refractivity contribution < 1.29 is 21.6 Å². The number of nitrogens with one attached hydrogen (secondary N) is 2. The minimum atomic E-state index is -4.00. The Morgan fingerprint density at radius 2 is 1.43 bits per heavy atom. The first-order valence-electron chi connectivity index (χ1n) is 12.0. The molecule has 196 valence electrons. The Morgan fingerprint density at radius 1 is 0.811 bits per heavy atom. The van der Waals surface area contributed by atoms with Gasteiger partial charge in [0.25, 0.3) is 15.9 Å². The summed E-state index contributed by atoms with van der Waals surface area (Å²) in [7, 11) is -7.65. The number of rotatable bonds is 7. The normalized spacial score (nSPS) is 14.5. The summed E-state index contributed by atoms with van der Waals surface area (Å²) < 4.78 is 56.8. The topological polar surface area (TPSA) is 113 Å². The quantitative estimate of drug-likeness (QED) is 0.448. The molecule has 4 rings (SSSR count). The third-order valence-corrected chi connectivity index (χ3v) is 10.3. The van der Waals surface area contributed by atoms with Crippen molar-refractivity contribution in [1.82, 2.24) is 4.31 Å². The molecule has 2 N–H and O–H groups in total. The average molecular weight is 542 g/mol. The van der Waals surface area contributed by atoms with Crippen molar-refractivity contribution in [2.45, 2.75) is 50.3 Å². The Hall–Kier alpha value is -3.21. The SMILES string of the molecule is Cc1cc(C)c(C)c(S(=O)(=O)Nc2ccccc2C(=O)Nc2cccc(S(=O)(=O)N3CCCC3)c2)c1C. The van der Waals surface area contributed by atoms with Gasteiger partial charge in [-0.05, 0) is 93.1 Å². The number of carbonyl (C=O) groups excluding carboxylic acids is 1. The van der Waals surface area contributed by atoms with Gasteiger partial charge < -0.3 is 5.32 Å². The van der Waals surface area contributed by atoms with E-state index in [9.17, 15) is 21.6 Å². The maximum atomic E-state index is 13.4. The summed E-state index contributed by atoms with van der Waals surface area (Å²) in [5.74, 6) is -0.567. The largest absolute Gasteiger partial charge is 0.322 e. The van der Waals surface area contributed by atoms with Crippen LogP contribution in [0.3, 0.4) is 0 Å². The molecule has 1 aliphatic heterocycles. The van der Waals surface area contributed by atoms with Gasteiger partial charge in [-0.1, -0.05) is 24.3 Å². The zero-order valence-electron chi connectivity index (χ0n) is 21.3. The van der Waals surface area contributed by atoms with E-state index in [1.165, 1.54) is 28.6 Å². The van der Waals surface area contributed by atoms with E-state index >= 15 is 0 Å². The van der Waals surface area contributed by atoms with Crippen molar-refractivity contribution in [3.63, 3.8) is 0 Å². The van der Waals surface area contributed by atoms with Gasteiger partial charge in [0, 0.05) is 18.8 Å². The van der Waals surface area contributed by atoms with Gasteiger partial charge in [-0.25, -0.2) is 16.8 Å². The fourth-order valence-electron chi connectivity index (χ4n) is 4.56. The number of hydrogen-bond acceptors (Lipinski definition) is 5. The van der Waals surface area contributed by atoms with Gasteiger partial charge in [0.15, 0.2) is 0 Å². The van der Waals surface area contributed by atoms with Crippen LogP contribution in [0.25, 0.3) is 0 Å². The number of carbonyl (C=O) groups is 1. The van der Waals surface area contributed by atoms with E-state index < -0.39 is 26.0 Å². The van der Waals surface area contributed by atoms with Crippen molar-refractivity contribution in [3.8, 4) is 0 Å². The van der Waals surface area contributed by atoms with Crippen LogP contribution in [0.15, 0.2) is 64.4 Å². The first-order valence-corrected chi connectivity index (χ1v) is 14.9. The third kappa shape index (κ3) is 5.41. The van der Waals surface area contributed by atoms with Gasteiger partial charge in [-0.2, -0.15) is 4.31 Å². The first-order chi connectivity index (χ1) is 17.4. The summed E-state index contributed by atoms with van der Waals surface area (Å²) in [6.07, 6.45) is 1.65. The summed E-state index contributed by atoms with van der Waals surface area (Å²) in [5.41, 5.74) is 3.54. The predicted molar refractivity (Wildman–Crippen MR) is 145 cm³/mol. The molecular formula is C27H31N3O5S2. The van der Waals surface area contributed by atoms with E-state index in [4.69, 9.17) is 0 Å². The van der Waals surface area contributed by atoms with E-state index in [0.29, 0.717) is 29.9 Å². The number of anilines is 2. The Bertz CT molecular complexity index is 1550. The molecule has 1 aliphatic rings. The lowest BCUT2D eigenvalue weighted by Gasteiger charge is -2.18. The molecule has 10 heteroatoms. The van der Waals surface area contributed by atoms with Crippen LogP contribution in [-0.2, 0) is 20.0 Å². The molecule has 0 radical (unpaired) electrons. The van der Waals surface area contributed by atoms with Crippen molar-refractivity contribution in [3.05, 3.63) is 82.4 Å². The Labute approximate surface area is 218 Å². The molecule has 0 bridgehead atoms. The second-order valence-corrected chi connectivity index (χ2v) is 12.9.